The Morgan fingerprint density at radius 1 is 0.968 bits per heavy atom. The molecule has 1 aromatic rings. The molecule has 0 saturated heterocycles. The van der Waals surface area contributed by atoms with Gasteiger partial charge in [0.05, 0.1) is 0 Å². The molecule has 5 rings (SSSR count). The first kappa shape index (κ1) is 22.7. The number of benzene rings is 1. The molecule has 0 spiro atoms. The van der Waals surface area contributed by atoms with Crippen LogP contribution in [0.2, 0.25) is 5.02 Å². The summed E-state index contributed by atoms with van der Waals surface area (Å²) < 4.78 is 83.8. The Kier molecular flexibility index (Phi) is 5.52. The summed E-state index contributed by atoms with van der Waals surface area (Å²) in [5.74, 6) is -0.420. The van der Waals surface area contributed by atoms with Crippen LogP contribution in [0.5, 0.6) is 0 Å². The fraction of sp³-hybridized carbons (Fsp3) is 0.667. The second kappa shape index (κ2) is 7.54. The van der Waals surface area contributed by atoms with Gasteiger partial charge in [0.2, 0.25) is 0 Å². The number of halogens is 7. The van der Waals surface area contributed by atoms with Gasteiger partial charge in [0.25, 0.3) is 11.6 Å². The van der Waals surface area contributed by atoms with Crippen LogP contribution in [0.25, 0.3) is 0 Å². The van der Waals surface area contributed by atoms with Crippen LogP contribution in [0.3, 0.4) is 0 Å². The van der Waals surface area contributed by atoms with Crippen molar-refractivity contribution in [2.45, 2.75) is 56.5 Å². The number of carbonyl (C=O) groups excluding carboxylic acids is 1. The van der Waals surface area contributed by atoms with Gasteiger partial charge in [-0.05, 0) is 79.9 Å². The number of hydrogen-bond donors (Lipinski definition) is 2. The van der Waals surface area contributed by atoms with Gasteiger partial charge < -0.3 is 5.32 Å². The molecule has 4 aliphatic carbocycles. The number of amides is 1. The highest BCUT2D eigenvalue weighted by molar-refractivity contribution is 6.30. The van der Waals surface area contributed by atoms with Gasteiger partial charge in [-0.1, -0.05) is 17.7 Å². The van der Waals surface area contributed by atoms with Crippen molar-refractivity contribution in [1.82, 2.24) is 10.6 Å². The van der Waals surface area contributed by atoms with Gasteiger partial charge in [-0.2, -0.15) is 26.3 Å². The van der Waals surface area contributed by atoms with Crippen LogP contribution >= 0.6 is 11.6 Å². The minimum absolute atomic E-state index is 0.0267. The maximum atomic E-state index is 14.0. The fourth-order valence-corrected chi connectivity index (χ4v) is 6.44. The van der Waals surface area contributed by atoms with Crippen LogP contribution in [0.4, 0.5) is 26.3 Å². The van der Waals surface area contributed by atoms with Crippen molar-refractivity contribution in [3.05, 3.63) is 34.9 Å². The quantitative estimate of drug-likeness (QED) is 0.430. The van der Waals surface area contributed by atoms with E-state index in [-0.39, 0.29) is 10.6 Å². The lowest BCUT2D eigenvalue weighted by Gasteiger charge is -2.57. The van der Waals surface area contributed by atoms with E-state index in [0.29, 0.717) is 37.0 Å². The SMILES string of the molecule is O=C(NC(NCC12CC3CC(CC(C3)C1)C2)(C(F)(F)F)C(F)(F)F)c1cccc(Cl)c1. The third-order valence-electron chi connectivity index (χ3n) is 7.13. The summed E-state index contributed by atoms with van der Waals surface area (Å²) in [4.78, 5) is 12.4. The molecule has 31 heavy (non-hydrogen) atoms. The molecule has 4 bridgehead atoms. The number of hydrogen-bond acceptors (Lipinski definition) is 2. The van der Waals surface area contributed by atoms with Crippen molar-refractivity contribution in [2.24, 2.45) is 23.2 Å². The summed E-state index contributed by atoms with van der Waals surface area (Å²) in [6, 6.07) is 4.78. The van der Waals surface area contributed by atoms with Crippen molar-refractivity contribution in [1.29, 1.82) is 0 Å². The highest BCUT2D eigenvalue weighted by Gasteiger charge is 2.72. The molecule has 4 saturated carbocycles. The molecule has 3 nitrogen and oxygen atoms in total. The molecule has 2 N–H and O–H groups in total. The summed E-state index contributed by atoms with van der Waals surface area (Å²) in [5.41, 5.74) is -5.54. The molecular weight excluding hydrogens is 446 g/mol. The first-order valence-electron chi connectivity index (χ1n) is 10.3. The smallest absolute Gasteiger partial charge is 0.319 e. The van der Waals surface area contributed by atoms with E-state index < -0.39 is 35.9 Å². The second-order valence-corrected chi connectivity index (χ2v) is 9.92. The average molecular weight is 469 g/mol. The first-order chi connectivity index (χ1) is 14.3. The summed E-state index contributed by atoms with van der Waals surface area (Å²) >= 11 is 5.74. The molecule has 1 amide bonds. The summed E-state index contributed by atoms with van der Waals surface area (Å²) in [6.07, 6.45) is -6.71. The van der Waals surface area contributed by atoms with Crippen LogP contribution in [0.15, 0.2) is 24.3 Å². The zero-order valence-electron chi connectivity index (χ0n) is 16.5. The zero-order chi connectivity index (χ0) is 22.7. The second-order valence-electron chi connectivity index (χ2n) is 9.48. The first-order valence-corrected chi connectivity index (χ1v) is 10.7. The molecule has 0 radical (unpaired) electrons. The summed E-state index contributed by atoms with van der Waals surface area (Å²) in [6.45, 7) is -0.453. The molecule has 0 atom stereocenters. The summed E-state index contributed by atoms with van der Waals surface area (Å²) in [7, 11) is 0. The van der Waals surface area contributed by atoms with E-state index in [1.807, 2.05) is 0 Å². The molecule has 4 fully saturated rings. The van der Waals surface area contributed by atoms with Gasteiger partial charge in [-0.15, -0.1) is 0 Å². The Morgan fingerprint density at radius 3 is 1.94 bits per heavy atom. The lowest BCUT2D eigenvalue weighted by Crippen LogP contribution is -2.76. The minimum Gasteiger partial charge on any atom is -0.319 e. The third kappa shape index (κ3) is 4.15. The van der Waals surface area contributed by atoms with Crippen molar-refractivity contribution < 1.29 is 31.1 Å². The van der Waals surface area contributed by atoms with E-state index >= 15 is 0 Å². The van der Waals surface area contributed by atoms with Gasteiger partial charge in [-0.3, -0.25) is 10.1 Å². The standard InChI is InChI=1S/C21H23ClF6N2O/c22-16-3-1-2-15(7-16)17(31)30-19(20(23,24)25,21(26,27)28)29-11-18-8-12-4-13(9-18)6-14(5-12)10-18/h1-3,7,12-14,29H,4-6,8-11H2,(H,30,31). The highest BCUT2D eigenvalue weighted by atomic mass is 35.5. The van der Waals surface area contributed by atoms with E-state index in [2.05, 4.69) is 0 Å². The summed E-state index contributed by atoms with van der Waals surface area (Å²) in [5, 5.41) is 3.03. The van der Waals surface area contributed by atoms with Gasteiger partial charge >= 0.3 is 12.4 Å². The molecule has 0 aliphatic heterocycles. The Bertz CT molecular complexity index is 804. The number of rotatable bonds is 5. The van der Waals surface area contributed by atoms with Gasteiger partial charge in [0.15, 0.2) is 0 Å². The Labute approximate surface area is 180 Å². The Morgan fingerprint density at radius 2 is 1.48 bits per heavy atom. The predicted molar refractivity (Wildman–Crippen MR) is 102 cm³/mol. The third-order valence-corrected chi connectivity index (χ3v) is 7.37. The maximum Gasteiger partial charge on any atom is 0.434 e. The van der Waals surface area contributed by atoms with Crippen molar-refractivity contribution in [2.75, 3.05) is 6.54 Å². The van der Waals surface area contributed by atoms with Crippen LogP contribution < -0.4 is 10.6 Å². The normalized spacial score (nSPS) is 30.5. The van der Waals surface area contributed by atoms with Crippen LogP contribution in [-0.4, -0.2) is 30.5 Å². The van der Waals surface area contributed by atoms with E-state index in [1.165, 1.54) is 17.4 Å². The lowest BCUT2D eigenvalue weighted by atomic mass is 9.49. The van der Waals surface area contributed by atoms with Gasteiger partial charge in [0, 0.05) is 17.1 Å². The minimum atomic E-state index is -5.80. The van der Waals surface area contributed by atoms with Crippen molar-refractivity contribution >= 4 is 17.5 Å². The van der Waals surface area contributed by atoms with Crippen LogP contribution in [-0.2, 0) is 0 Å². The Balaban J connectivity index is 1.62. The van der Waals surface area contributed by atoms with E-state index in [9.17, 15) is 31.1 Å². The highest BCUT2D eigenvalue weighted by Crippen LogP contribution is 2.60. The molecule has 1 aromatic carbocycles. The molecule has 0 unspecified atom stereocenters. The average Bonchev–Trinajstić information content (AvgIpc) is 2.61. The van der Waals surface area contributed by atoms with Crippen molar-refractivity contribution in [3.8, 4) is 0 Å². The topological polar surface area (TPSA) is 41.1 Å². The number of carbonyl (C=O) groups is 1. The van der Waals surface area contributed by atoms with E-state index in [0.717, 1.165) is 31.4 Å². The molecule has 10 heteroatoms. The molecular formula is C21H23ClF6N2O. The van der Waals surface area contributed by atoms with Gasteiger partial charge in [-0.25, -0.2) is 0 Å². The Hall–Kier alpha value is -1.48. The molecule has 0 aromatic heterocycles. The monoisotopic (exact) mass is 468 g/mol. The maximum absolute atomic E-state index is 14.0. The molecule has 4 aliphatic rings. The van der Waals surface area contributed by atoms with Crippen molar-refractivity contribution in [3.63, 3.8) is 0 Å². The fourth-order valence-electron chi connectivity index (χ4n) is 6.25. The van der Waals surface area contributed by atoms with E-state index in [1.54, 1.807) is 5.32 Å². The number of nitrogens with one attached hydrogen (secondary N) is 2. The van der Waals surface area contributed by atoms with Gasteiger partial charge in [0.1, 0.15) is 0 Å². The van der Waals surface area contributed by atoms with Crippen LogP contribution in [0, 0.1) is 23.2 Å². The molecule has 172 valence electrons. The largest absolute Gasteiger partial charge is 0.434 e. The van der Waals surface area contributed by atoms with E-state index in [4.69, 9.17) is 11.6 Å². The lowest BCUT2D eigenvalue weighted by molar-refractivity contribution is -0.316. The number of alkyl halides is 6. The van der Waals surface area contributed by atoms with Crippen LogP contribution in [0.1, 0.15) is 48.9 Å². The zero-order valence-corrected chi connectivity index (χ0v) is 17.3. The predicted octanol–water partition coefficient (Wildman–Crippen LogP) is 5.70. The molecule has 0 heterocycles.